The Balaban J connectivity index is 1.94. The first kappa shape index (κ1) is 16.2. The molecule has 3 N–H and O–H groups in total. The summed E-state index contributed by atoms with van der Waals surface area (Å²) in [5, 5.41) is 7.29. The minimum absolute atomic E-state index is 0.0105. The van der Waals surface area contributed by atoms with Gasteiger partial charge in [0, 0.05) is 18.8 Å². The summed E-state index contributed by atoms with van der Waals surface area (Å²) in [4.78, 5) is 12.1. The van der Waals surface area contributed by atoms with Gasteiger partial charge < -0.3 is 11.1 Å². The highest BCUT2D eigenvalue weighted by molar-refractivity contribution is 5.78. The van der Waals surface area contributed by atoms with Crippen LogP contribution in [-0.4, -0.2) is 28.3 Å². The van der Waals surface area contributed by atoms with E-state index in [9.17, 15) is 4.79 Å². The van der Waals surface area contributed by atoms with Crippen molar-refractivity contribution in [3.63, 3.8) is 0 Å². The lowest BCUT2D eigenvalue weighted by Gasteiger charge is -2.18. The summed E-state index contributed by atoms with van der Waals surface area (Å²) in [5.74, 6) is 0.499. The van der Waals surface area contributed by atoms with Gasteiger partial charge in [0.1, 0.15) is 0 Å². The van der Waals surface area contributed by atoms with Crippen LogP contribution >= 0.6 is 0 Å². The van der Waals surface area contributed by atoms with Crippen molar-refractivity contribution >= 4 is 5.91 Å². The molecule has 0 radical (unpaired) electrons. The number of carbonyl (C=O) groups excluding carboxylic acids is 1. The van der Waals surface area contributed by atoms with E-state index in [1.54, 1.807) is 10.9 Å². The molecular formula is C17H24N4O. The average Bonchev–Trinajstić information content (AvgIpc) is 2.95. The molecule has 2 rings (SSSR count). The van der Waals surface area contributed by atoms with Gasteiger partial charge in [0.05, 0.1) is 18.3 Å². The molecule has 5 nitrogen and oxygen atoms in total. The molecule has 0 bridgehead atoms. The SMILES string of the molecule is CC(C)CC(CN)NC(=O)Cc1cnn(-c2ccccc2)c1. The van der Waals surface area contributed by atoms with Crippen molar-refractivity contribution in [2.75, 3.05) is 6.54 Å². The van der Waals surface area contributed by atoms with Crippen LogP contribution in [0.5, 0.6) is 0 Å². The Morgan fingerprint density at radius 1 is 1.32 bits per heavy atom. The summed E-state index contributed by atoms with van der Waals surface area (Å²) in [6.45, 7) is 4.71. The van der Waals surface area contributed by atoms with Gasteiger partial charge in [0.15, 0.2) is 0 Å². The van der Waals surface area contributed by atoms with Crippen LogP contribution in [0.3, 0.4) is 0 Å². The van der Waals surface area contributed by atoms with E-state index in [-0.39, 0.29) is 11.9 Å². The van der Waals surface area contributed by atoms with Gasteiger partial charge in [-0.15, -0.1) is 0 Å². The van der Waals surface area contributed by atoms with Gasteiger partial charge in [-0.3, -0.25) is 4.79 Å². The van der Waals surface area contributed by atoms with Crippen molar-refractivity contribution in [1.82, 2.24) is 15.1 Å². The maximum Gasteiger partial charge on any atom is 0.224 e. The summed E-state index contributed by atoms with van der Waals surface area (Å²) < 4.78 is 1.77. The van der Waals surface area contributed by atoms with Gasteiger partial charge in [-0.2, -0.15) is 5.10 Å². The Hall–Kier alpha value is -2.14. The Morgan fingerprint density at radius 2 is 2.05 bits per heavy atom. The molecule has 0 aliphatic carbocycles. The number of hydrogen-bond acceptors (Lipinski definition) is 3. The summed E-state index contributed by atoms with van der Waals surface area (Å²) in [6, 6.07) is 9.87. The van der Waals surface area contributed by atoms with Gasteiger partial charge >= 0.3 is 0 Å². The highest BCUT2D eigenvalue weighted by Gasteiger charge is 2.13. The minimum atomic E-state index is -0.0105. The third-order valence-corrected chi connectivity index (χ3v) is 3.43. The molecule has 5 heteroatoms. The van der Waals surface area contributed by atoms with E-state index in [0.717, 1.165) is 17.7 Å². The fraction of sp³-hybridized carbons (Fsp3) is 0.412. The molecule has 1 unspecified atom stereocenters. The molecule has 0 saturated heterocycles. The zero-order chi connectivity index (χ0) is 15.9. The van der Waals surface area contributed by atoms with Crippen LogP contribution < -0.4 is 11.1 Å². The maximum atomic E-state index is 12.1. The van der Waals surface area contributed by atoms with Crippen LogP contribution in [-0.2, 0) is 11.2 Å². The van der Waals surface area contributed by atoms with Gasteiger partial charge in [0.25, 0.3) is 0 Å². The van der Waals surface area contributed by atoms with Crippen LogP contribution in [0.4, 0.5) is 0 Å². The molecule has 0 aliphatic heterocycles. The third kappa shape index (κ3) is 4.70. The van der Waals surface area contributed by atoms with E-state index in [4.69, 9.17) is 5.73 Å². The molecule has 1 atom stereocenters. The minimum Gasteiger partial charge on any atom is -0.352 e. The lowest BCUT2D eigenvalue weighted by atomic mass is 10.0. The summed E-state index contributed by atoms with van der Waals surface area (Å²) >= 11 is 0. The molecule has 0 aliphatic rings. The average molecular weight is 300 g/mol. The topological polar surface area (TPSA) is 72.9 Å². The zero-order valence-electron chi connectivity index (χ0n) is 13.2. The highest BCUT2D eigenvalue weighted by atomic mass is 16.1. The van der Waals surface area contributed by atoms with E-state index in [1.165, 1.54) is 0 Å². The normalized spacial score (nSPS) is 12.4. The number of aromatic nitrogens is 2. The number of nitrogens with one attached hydrogen (secondary N) is 1. The van der Waals surface area contributed by atoms with Crippen LogP contribution in [0.2, 0.25) is 0 Å². The van der Waals surface area contributed by atoms with E-state index < -0.39 is 0 Å². The molecule has 0 spiro atoms. The molecule has 1 aromatic heterocycles. The lowest BCUT2D eigenvalue weighted by Crippen LogP contribution is -2.41. The van der Waals surface area contributed by atoms with Crippen LogP contribution in [0.1, 0.15) is 25.8 Å². The number of benzene rings is 1. The summed E-state index contributed by atoms with van der Waals surface area (Å²) in [5.41, 5.74) is 7.58. The van der Waals surface area contributed by atoms with Crippen molar-refractivity contribution in [3.8, 4) is 5.69 Å². The first-order chi connectivity index (χ1) is 10.6. The molecule has 118 valence electrons. The molecule has 1 heterocycles. The Labute approximate surface area is 131 Å². The fourth-order valence-corrected chi connectivity index (χ4v) is 2.42. The van der Waals surface area contributed by atoms with Crippen molar-refractivity contribution in [1.29, 1.82) is 0 Å². The maximum absolute atomic E-state index is 12.1. The van der Waals surface area contributed by atoms with Gasteiger partial charge in [-0.25, -0.2) is 4.68 Å². The standard InChI is InChI=1S/C17H24N4O/c1-13(2)8-15(10-18)20-17(22)9-14-11-19-21(12-14)16-6-4-3-5-7-16/h3-7,11-13,15H,8-10,18H2,1-2H3,(H,20,22). The fourth-order valence-electron chi connectivity index (χ4n) is 2.42. The predicted octanol–water partition coefficient (Wildman–Crippen LogP) is 1.90. The monoisotopic (exact) mass is 300 g/mol. The van der Waals surface area contributed by atoms with Crippen molar-refractivity contribution in [3.05, 3.63) is 48.3 Å². The molecular weight excluding hydrogens is 276 g/mol. The second-order valence-corrected chi connectivity index (χ2v) is 5.94. The number of nitrogens with zero attached hydrogens (tertiary/aromatic N) is 2. The third-order valence-electron chi connectivity index (χ3n) is 3.43. The number of hydrogen-bond donors (Lipinski definition) is 2. The first-order valence-electron chi connectivity index (χ1n) is 7.67. The van der Waals surface area contributed by atoms with E-state index in [2.05, 4.69) is 24.3 Å². The van der Waals surface area contributed by atoms with Crippen LogP contribution in [0, 0.1) is 5.92 Å². The lowest BCUT2D eigenvalue weighted by molar-refractivity contribution is -0.121. The predicted molar refractivity (Wildman–Crippen MR) is 87.7 cm³/mol. The van der Waals surface area contributed by atoms with Crippen LogP contribution in [0.25, 0.3) is 5.69 Å². The van der Waals surface area contributed by atoms with Gasteiger partial charge in [-0.05, 0) is 30.0 Å². The summed E-state index contributed by atoms with van der Waals surface area (Å²) in [6.07, 6.45) is 4.83. The Bertz CT molecular complexity index is 592. The Kier molecular flexibility index (Phi) is 5.72. The first-order valence-corrected chi connectivity index (χ1v) is 7.67. The van der Waals surface area contributed by atoms with Crippen molar-refractivity contribution < 1.29 is 4.79 Å². The number of rotatable bonds is 7. The molecule has 1 aromatic carbocycles. The van der Waals surface area contributed by atoms with Crippen molar-refractivity contribution in [2.45, 2.75) is 32.7 Å². The number of amides is 1. The zero-order valence-corrected chi connectivity index (χ0v) is 13.2. The number of carbonyl (C=O) groups is 1. The van der Waals surface area contributed by atoms with Crippen molar-refractivity contribution in [2.24, 2.45) is 11.7 Å². The molecule has 1 amide bonds. The van der Waals surface area contributed by atoms with E-state index in [0.29, 0.717) is 18.9 Å². The second-order valence-electron chi connectivity index (χ2n) is 5.94. The molecule has 22 heavy (non-hydrogen) atoms. The Morgan fingerprint density at radius 3 is 2.68 bits per heavy atom. The van der Waals surface area contributed by atoms with E-state index in [1.807, 2.05) is 36.5 Å². The number of nitrogens with two attached hydrogens (primary N) is 1. The summed E-state index contributed by atoms with van der Waals surface area (Å²) in [7, 11) is 0. The smallest absolute Gasteiger partial charge is 0.224 e. The van der Waals surface area contributed by atoms with Gasteiger partial charge in [0.2, 0.25) is 5.91 Å². The second kappa shape index (κ2) is 7.75. The van der Waals surface area contributed by atoms with E-state index >= 15 is 0 Å². The molecule has 0 saturated carbocycles. The highest BCUT2D eigenvalue weighted by Crippen LogP contribution is 2.09. The van der Waals surface area contributed by atoms with Gasteiger partial charge in [-0.1, -0.05) is 32.0 Å². The van der Waals surface area contributed by atoms with Crippen LogP contribution in [0.15, 0.2) is 42.7 Å². The largest absolute Gasteiger partial charge is 0.352 e. The molecule has 2 aromatic rings. The number of para-hydroxylation sites is 1. The quantitative estimate of drug-likeness (QED) is 0.820. The molecule has 0 fully saturated rings.